The summed E-state index contributed by atoms with van der Waals surface area (Å²) >= 11 is 3.54. The first-order valence-electron chi connectivity index (χ1n) is 11.3. The van der Waals surface area contributed by atoms with Crippen LogP contribution in [0.15, 0.2) is 88.3 Å². The van der Waals surface area contributed by atoms with E-state index in [2.05, 4.69) is 80.7 Å². The number of benzene rings is 3. The van der Waals surface area contributed by atoms with Gasteiger partial charge in [-0.15, -0.1) is 0 Å². The molecule has 32 heavy (non-hydrogen) atoms. The van der Waals surface area contributed by atoms with Crippen LogP contribution >= 0.6 is 15.9 Å². The molecule has 1 saturated heterocycles. The number of aliphatic imine (C=N–C) groups is 1. The van der Waals surface area contributed by atoms with E-state index in [9.17, 15) is 5.11 Å². The molecule has 0 unspecified atom stereocenters. The summed E-state index contributed by atoms with van der Waals surface area (Å²) in [7, 11) is 0. The fraction of sp³-hybridized carbons (Fsp3) is 0.296. The molecule has 2 aliphatic rings. The van der Waals surface area contributed by atoms with E-state index < -0.39 is 0 Å². The summed E-state index contributed by atoms with van der Waals surface area (Å²) in [6.45, 7) is 2.96. The molecule has 0 aliphatic carbocycles. The second-order valence-corrected chi connectivity index (χ2v) is 9.73. The molecule has 1 spiro atoms. The van der Waals surface area contributed by atoms with Crippen molar-refractivity contribution in [1.82, 2.24) is 10.2 Å². The minimum Gasteiger partial charge on any atom is -0.508 e. The van der Waals surface area contributed by atoms with Gasteiger partial charge < -0.3 is 5.11 Å². The number of likely N-dealkylation sites (tertiary alicyclic amines) is 1. The monoisotopic (exact) mass is 489 g/mol. The van der Waals surface area contributed by atoms with Crippen LogP contribution in [0.1, 0.15) is 42.0 Å². The van der Waals surface area contributed by atoms with E-state index in [-0.39, 0.29) is 11.7 Å². The fourth-order valence-electron chi connectivity index (χ4n) is 4.88. The summed E-state index contributed by atoms with van der Waals surface area (Å²) in [5.74, 6) is 0.346. The van der Waals surface area contributed by atoms with Crippen molar-refractivity contribution in [3.63, 3.8) is 0 Å². The molecule has 0 bridgehead atoms. The van der Waals surface area contributed by atoms with Crippen molar-refractivity contribution in [2.75, 3.05) is 13.1 Å². The predicted molar refractivity (Wildman–Crippen MR) is 133 cm³/mol. The van der Waals surface area contributed by atoms with Gasteiger partial charge in [0, 0.05) is 47.8 Å². The second kappa shape index (κ2) is 9.18. The zero-order valence-electron chi connectivity index (χ0n) is 18.0. The normalized spacial score (nSPS) is 20.8. The smallest absolute Gasteiger partial charge is 0.120 e. The van der Waals surface area contributed by atoms with Crippen LogP contribution in [0.5, 0.6) is 5.75 Å². The maximum atomic E-state index is 10.6. The van der Waals surface area contributed by atoms with Gasteiger partial charge in [-0.3, -0.25) is 15.2 Å². The Kier molecular flexibility index (Phi) is 6.13. The number of nitrogens with zero attached hydrogens (tertiary/aromatic N) is 2. The van der Waals surface area contributed by atoms with Crippen molar-refractivity contribution in [1.29, 1.82) is 0 Å². The Bertz CT molecular complexity index is 1090. The van der Waals surface area contributed by atoms with Gasteiger partial charge in [-0.25, -0.2) is 0 Å². The number of para-hydroxylation sites is 1. The summed E-state index contributed by atoms with van der Waals surface area (Å²) < 4.78 is 1.07. The Morgan fingerprint density at radius 2 is 1.62 bits per heavy atom. The van der Waals surface area contributed by atoms with E-state index in [0.717, 1.165) is 60.2 Å². The third-order valence-corrected chi connectivity index (χ3v) is 7.14. The van der Waals surface area contributed by atoms with Gasteiger partial charge in [0.1, 0.15) is 11.4 Å². The first kappa shape index (κ1) is 21.4. The highest BCUT2D eigenvalue weighted by atomic mass is 79.9. The fourth-order valence-corrected chi connectivity index (χ4v) is 5.14. The summed E-state index contributed by atoms with van der Waals surface area (Å²) in [6, 6.07) is 26.8. The molecular formula is C27H28BrN3O. The van der Waals surface area contributed by atoms with Crippen LogP contribution in [0.4, 0.5) is 0 Å². The van der Waals surface area contributed by atoms with E-state index in [1.165, 1.54) is 5.56 Å². The van der Waals surface area contributed by atoms with Crippen LogP contribution in [0.25, 0.3) is 0 Å². The number of piperidine rings is 1. The van der Waals surface area contributed by atoms with E-state index in [1.54, 1.807) is 6.07 Å². The number of phenols is 1. The summed E-state index contributed by atoms with van der Waals surface area (Å²) in [6.07, 6.45) is 2.66. The Morgan fingerprint density at radius 3 is 2.34 bits per heavy atom. The SMILES string of the molecule is Oc1ccccc1[C@@H]1CC(c2ccc(Br)cc2)=NC2(CCN(Cc3ccccc3)CC2)N1. The molecule has 5 heteroatoms. The molecule has 0 saturated carbocycles. The van der Waals surface area contributed by atoms with Crippen molar-refractivity contribution in [3.8, 4) is 5.75 Å². The van der Waals surface area contributed by atoms with Crippen LogP contribution in [0.2, 0.25) is 0 Å². The largest absolute Gasteiger partial charge is 0.508 e. The number of phenolic OH excluding ortho intramolecular Hbond substituents is 1. The van der Waals surface area contributed by atoms with Crippen molar-refractivity contribution in [2.24, 2.45) is 4.99 Å². The molecule has 1 fully saturated rings. The van der Waals surface area contributed by atoms with Crippen molar-refractivity contribution < 1.29 is 5.11 Å². The van der Waals surface area contributed by atoms with E-state index >= 15 is 0 Å². The minimum atomic E-state index is -0.305. The highest BCUT2D eigenvalue weighted by Crippen LogP contribution is 2.37. The van der Waals surface area contributed by atoms with Gasteiger partial charge in [-0.2, -0.15) is 0 Å². The maximum Gasteiger partial charge on any atom is 0.120 e. The zero-order valence-corrected chi connectivity index (χ0v) is 19.6. The van der Waals surface area contributed by atoms with Gasteiger partial charge in [-0.05, 0) is 42.2 Å². The first-order chi connectivity index (χ1) is 15.6. The van der Waals surface area contributed by atoms with Gasteiger partial charge in [-0.1, -0.05) is 76.6 Å². The number of halogens is 1. The molecule has 2 heterocycles. The number of hydrogen-bond acceptors (Lipinski definition) is 4. The van der Waals surface area contributed by atoms with Gasteiger partial charge >= 0.3 is 0 Å². The average Bonchev–Trinajstić information content (AvgIpc) is 2.82. The molecule has 3 aromatic rings. The molecule has 2 aliphatic heterocycles. The number of rotatable bonds is 4. The molecule has 4 nitrogen and oxygen atoms in total. The van der Waals surface area contributed by atoms with Crippen LogP contribution in [0, 0.1) is 0 Å². The van der Waals surface area contributed by atoms with E-state index in [4.69, 9.17) is 4.99 Å². The molecular weight excluding hydrogens is 462 g/mol. The lowest BCUT2D eigenvalue weighted by Crippen LogP contribution is -2.55. The summed E-state index contributed by atoms with van der Waals surface area (Å²) in [5.41, 5.74) is 4.26. The maximum absolute atomic E-state index is 10.6. The van der Waals surface area contributed by atoms with Gasteiger partial charge in [0.25, 0.3) is 0 Å². The van der Waals surface area contributed by atoms with Crippen LogP contribution in [0.3, 0.4) is 0 Å². The third kappa shape index (κ3) is 4.65. The number of hydrogen-bond donors (Lipinski definition) is 2. The topological polar surface area (TPSA) is 47.9 Å². The van der Waals surface area contributed by atoms with Crippen molar-refractivity contribution >= 4 is 21.6 Å². The predicted octanol–water partition coefficient (Wildman–Crippen LogP) is 5.67. The highest BCUT2D eigenvalue weighted by Gasteiger charge is 2.40. The summed E-state index contributed by atoms with van der Waals surface area (Å²) in [4.78, 5) is 7.82. The number of nitrogens with one attached hydrogen (secondary N) is 1. The molecule has 0 radical (unpaired) electrons. The van der Waals surface area contributed by atoms with Gasteiger partial charge in [0.05, 0.1) is 0 Å². The lowest BCUT2D eigenvalue weighted by molar-refractivity contribution is 0.120. The third-order valence-electron chi connectivity index (χ3n) is 6.61. The summed E-state index contributed by atoms with van der Waals surface area (Å²) in [5, 5.41) is 14.4. The lowest BCUT2D eigenvalue weighted by atomic mass is 9.87. The molecule has 2 N–H and O–H groups in total. The standard InChI is InChI=1S/C27H28BrN3O/c28-22-12-10-21(11-13-22)24-18-25(23-8-4-5-9-26(23)32)30-27(29-24)14-16-31(17-15-27)19-20-6-2-1-3-7-20/h1-13,25,30,32H,14-19H2/t25-/m0/s1. The Morgan fingerprint density at radius 1 is 0.938 bits per heavy atom. The molecule has 5 rings (SSSR count). The Balaban J connectivity index is 1.41. The van der Waals surface area contributed by atoms with Crippen LogP contribution < -0.4 is 5.32 Å². The van der Waals surface area contributed by atoms with Crippen molar-refractivity contribution in [3.05, 3.63) is 100 Å². The quantitative estimate of drug-likeness (QED) is 0.496. The van der Waals surface area contributed by atoms with Crippen LogP contribution in [-0.4, -0.2) is 34.5 Å². The van der Waals surface area contributed by atoms with Gasteiger partial charge in [0.2, 0.25) is 0 Å². The minimum absolute atomic E-state index is 0.0352. The molecule has 0 aromatic heterocycles. The molecule has 0 amide bonds. The molecule has 164 valence electrons. The van der Waals surface area contributed by atoms with Gasteiger partial charge in [0.15, 0.2) is 0 Å². The van der Waals surface area contributed by atoms with Crippen LogP contribution in [-0.2, 0) is 6.54 Å². The zero-order chi connectivity index (χ0) is 22.0. The molecule has 1 atom stereocenters. The Hall–Kier alpha value is -2.47. The van der Waals surface area contributed by atoms with E-state index in [1.807, 2.05) is 18.2 Å². The Labute approximate surface area is 198 Å². The van der Waals surface area contributed by atoms with E-state index in [0.29, 0.717) is 5.75 Å². The number of aromatic hydroxyl groups is 1. The van der Waals surface area contributed by atoms with Crippen molar-refractivity contribution in [2.45, 2.75) is 37.5 Å². The first-order valence-corrected chi connectivity index (χ1v) is 12.1. The highest BCUT2D eigenvalue weighted by molar-refractivity contribution is 9.10. The second-order valence-electron chi connectivity index (χ2n) is 8.82. The molecule has 3 aromatic carbocycles. The lowest BCUT2D eigenvalue weighted by Gasteiger charge is -2.45. The average molecular weight is 490 g/mol.